The lowest BCUT2D eigenvalue weighted by atomic mass is 9.96. The third kappa shape index (κ3) is 5.73. The number of aryl methyl sites for hydroxylation is 1. The van der Waals surface area contributed by atoms with E-state index in [9.17, 15) is 4.79 Å². The van der Waals surface area contributed by atoms with E-state index in [2.05, 4.69) is 43.5 Å². The van der Waals surface area contributed by atoms with Crippen molar-refractivity contribution in [2.45, 2.75) is 38.1 Å². The third-order valence-electron chi connectivity index (χ3n) is 7.51. The maximum absolute atomic E-state index is 12.9. The van der Waals surface area contributed by atoms with Gasteiger partial charge in [-0.1, -0.05) is 12.1 Å². The molecule has 9 heteroatoms. The summed E-state index contributed by atoms with van der Waals surface area (Å²) >= 11 is 0. The molecule has 1 unspecified atom stereocenters. The molecule has 5 rings (SSSR count). The summed E-state index contributed by atoms with van der Waals surface area (Å²) in [6, 6.07) is 10.3. The number of methoxy groups -OCH3 is 1. The van der Waals surface area contributed by atoms with Crippen molar-refractivity contribution in [3.8, 4) is 22.5 Å². The number of pyridine rings is 1. The van der Waals surface area contributed by atoms with E-state index >= 15 is 0 Å². The fourth-order valence-electron chi connectivity index (χ4n) is 5.43. The number of hydrogen-bond acceptors (Lipinski definition) is 7. The molecule has 1 aromatic carbocycles. The Bertz CT molecular complexity index is 1230. The SMILES string of the molecule is COCCN1CCC(C(=O)NCc2nc(-c3ccc4c(c3)CCC4C=NO)c(-c3ccncc3)[nH]2)CC1. The molecule has 0 bridgehead atoms. The van der Waals surface area contributed by atoms with Crippen LogP contribution >= 0.6 is 0 Å². The number of aromatic amines is 1. The van der Waals surface area contributed by atoms with Crippen LogP contribution in [0.4, 0.5) is 0 Å². The number of amides is 1. The second kappa shape index (κ2) is 11.7. The summed E-state index contributed by atoms with van der Waals surface area (Å²) < 4.78 is 5.17. The highest BCUT2D eigenvalue weighted by Crippen LogP contribution is 2.37. The molecule has 0 radical (unpaired) electrons. The van der Waals surface area contributed by atoms with Crippen LogP contribution in [0.5, 0.6) is 0 Å². The van der Waals surface area contributed by atoms with Crippen molar-refractivity contribution >= 4 is 12.1 Å². The number of piperidine rings is 1. The first-order valence-corrected chi connectivity index (χ1v) is 12.9. The largest absolute Gasteiger partial charge is 0.411 e. The van der Waals surface area contributed by atoms with Crippen LogP contribution in [0.25, 0.3) is 22.5 Å². The highest BCUT2D eigenvalue weighted by molar-refractivity contribution is 5.81. The van der Waals surface area contributed by atoms with Gasteiger partial charge in [-0.25, -0.2) is 4.98 Å². The molecule has 3 N–H and O–H groups in total. The van der Waals surface area contributed by atoms with Crippen molar-refractivity contribution in [1.29, 1.82) is 0 Å². The van der Waals surface area contributed by atoms with Gasteiger partial charge in [-0.05, 0) is 68.1 Å². The summed E-state index contributed by atoms with van der Waals surface area (Å²) in [5.41, 5.74) is 6.21. The average Bonchev–Trinajstić information content (AvgIpc) is 3.56. The van der Waals surface area contributed by atoms with E-state index in [4.69, 9.17) is 14.9 Å². The Morgan fingerprint density at radius 3 is 2.78 bits per heavy atom. The Morgan fingerprint density at radius 1 is 1.22 bits per heavy atom. The molecule has 2 aliphatic rings. The number of likely N-dealkylation sites (tertiary alicyclic amines) is 1. The summed E-state index contributed by atoms with van der Waals surface area (Å²) in [5.74, 6) is 0.980. The number of carbonyl (C=O) groups excluding carboxylic acids is 1. The van der Waals surface area contributed by atoms with Crippen LogP contribution < -0.4 is 5.32 Å². The molecule has 0 spiro atoms. The molecule has 1 aliphatic carbocycles. The quantitative estimate of drug-likeness (QED) is 0.234. The van der Waals surface area contributed by atoms with E-state index in [-0.39, 0.29) is 17.7 Å². The Balaban J connectivity index is 1.32. The van der Waals surface area contributed by atoms with Crippen LogP contribution in [0, 0.1) is 5.92 Å². The third-order valence-corrected chi connectivity index (χ3v) is 7.51. The number of fused-ring (bicyclic) bond motifs is 1. The predicted molar refractivity (Wildman–Crippen MR) is 141 cm³/mol. The van der Waals surface area contributed by atoms with E-state index in [1.54, 1.807) is 25.7 Å². The van der Waals surface area contributed by atoms with Crippen LogP contribution in [0.1, 0.15) is 42.1 Å². The summed E-state index contributed by atoms with van der Waals surface area (Å²) in [6.07, 6.45) is 8.72. The van der Waals surface area contributed by atoms with Gasteiger partial charge in [0.05, 0.1) is 30.8 Å². The second-order valence-corrected chi connectivity index (χ2v) is 9.79. The van der Waals surface area contributed by atoms with E-state index in [0.717, 1.165) is 80.3 Å². The molecule has 1 aliphatic heterocycles. The first kappa shape index (κ1) is 25.1. The number of nitrogens with one attached hydrogen (secondary N) is 2. The van der Waals surface area contributed by atoms with E-state index in [0.29, 0.717) is 6.54 Å². The molecule has 9 nitrogen and oxygen atoms in total. The van der Waals surface area contributed by atoms with Crippen molar-refractivity contribution in [2.75, 3.05) is 33.4 Å². The van der Waals surface area contributed by atoms with Crippen molar-refractivity contribution in [1.82, 2.24) is 25.2 Å². The molecule has 194 valence electrons. The molecule has 3 heterocycles. The number of benzene rings is 1. The number of nitrogens with zero attached hydrogens (tertiary/aromatic N) is 4. The van der Waals surface area contributed by atoms with Crippen LogP contribution in [-0.2, 0) is 22.5 Å². The van der Waals surface area contributed by atoms with Gasteiger partial charge in [0.25, 0.3) is 0 Å². The molecular weight excluding hydrogens is 468 g/mol. The molecule has 1 atom stereocenters. The van der Waals surface area contributed by atoms with Crippen LogP contribution in [0.3, 0.4) is 0 Å². The predicted octanol–water partition coefficient (Wildman–Crippen LogP) is 3.60. The lowest BCUT2D eigenvalue weighted by Gasteiger charge is -2.30. The lowest BCUT2D eigenvalue weighted by Crippen LogP contribution is -2.41. The summed E-state index contributed by atoms with van der Waals surface area (Å²) in [4.78, 5) is 27.8. The Morgan fingerprint density at radius 2 is 2.03 bits per heavy atom. The normalized spacial score (nSPS) is 18.4. The summed E-state index contributed by atoms with van der Waals surface area (Å²) in [7, 11) is 1.72. The zero-order valence-corrected chi connectivity index (χ0v) is 21.2. The van der Waals surface area contributed by atoms with Gasteiger partial charge in [-0.2, -0.15) is 0 Å². The minimum Gasteiger partial charge on any atom is -0.411 e. The second-order valence-electron chi connectivity index (χ2n) is 9.79. The number of imidazole rings is 1. The highest BCUT2D eigenvalue weighted by Gasteiger charge is 2.26. The smallest absolute Gasteiger partial charge is 0.223 e. The van der Waals surface area contributed by atoms with E-state index in [1.165, 1.54) is 11.1 Å². The van der Waals surface area contributed by atoms with Crippen molar-refractivity contribution in [2.24, 2.45) is 11.1 Å². The standard InChI is InChI=1S/C28H34N6O3/c1-37-15-14-34-12-8-20(9-13-34)28(35)30-18-25-32-26(19-6-10-29-11-7-19)27(33-25)22-4-5-24-21(16-22)2-3-23(24)17-31-36/h4-7,10-11,16-17,20,23,36H,2-3,8-9,12-15,18H2,1H3,(H,30,35)(H,32,33). The number of ether oxygens (including phenoxy) is 1. The molecule has 1 amide bonds. The van der Waals surface area contributed by atoms with Gasteiger partial charge in [0, 0.05) is 49.0 Å². The summed E-state index contributed by atoms with van der Waals surface area (Å²) in [5, 5.41) is 15.3. The van der Waals surface area contributed by atoms with Gasteiger partial charge in [-0.3, -0.25) is 9.78 Å². The zero-order valence-electron chi connectivity index (χ0n) is 21.2. The molecule has 0 saturated carbocycles. The van der Waals surface area contributed by atoms with E-state index in [1.807, 2.05) is 12.1 Å². The number of carbonyl (C=O) groups is 1. The molecular formula is C28H34N6O3. The monoisotopic (exact) mass is 502 g/mol. The zero-order chi connectivity index (χ0) is 25.6. The van der Waals surface area contributed by atoms with Crippen LogP contribution in [0.15, 0.2) is 47.9 Å². The first-order valence-electron chi connectivity index (χ1n) is 12.9. The molecule has 37 heavy (non-hydrogen) atoms. The van der Waals surface area contributed by atoms with Gasteiger partial charge in [0.15, 0.2) is 0 Å². The van der Waals surface area contributed by atoms with E-state index < -0.39 is 0 Å². The van der Waals surface area contributed by atoms with Crippen LogP contribution in [-0.4, -0.2) is 70.5 Å². The molecule has 1 fully saturated rings. The molecule has 3 aromatic rings. The number of aromatic nitrogens is 3. The number of H-pyrrole nitrogens is 1. The first-order chi connectivity index (χ1) is 18.2. The molecule has 2 aromatic heterocycles. The van der Waals surface area contributed by atoms with Gasteiger partial charge >= 0.3 is 0 Å². The van der Waals surface area contributed by atoms with Crippen molar-refractivity contribution in [3.63, 3.8) is 0 Å². The topological polar surface area (TPSA) is 116 Å². The Kier molecular flexibility index (Phi) is 7.91. The fraction of sp³-hybridized carbons (Fsp3) is 0.429. The Hall–Kier alpha value is -3.56. The number of rotatable bonds is 9. The lowest BCUT2D eigenvalue weighted by molar-refractivity contribution is -0.126. The van der Waals surface area contributed by atoms with Gasteiger partial charge < -0.3 is 25.1 Å². The minimum absolute atomic E-state index is 0.0278. The number of oxime groups is 1. The van der Waals surface area contributed by atoms with Crippen LogP contribution in [0.2, 0.25) is 0 Å². The fourth-order valence-corrected chi connectivity index (χ4v) is 5.43. The molecule has 1 saturated heterocycles. The summed E-state index contributed by atoms with van der Waals surface area (Å²) in [6.45, 7) is 3.82. The van der Waals surface area contributed by atoms with Crippen molar-refractivity contribution < 1.29 is 14.7 Å². The van der Waals surface area contributed by atoms with Gasteiger partial charge in [0.1, 0.15) is 5.82 Å². The maximum atomic E-state index is 12.9. The number of hydrogen-bond donors (Lipinski definition) is 3. The Labute approximate surface area is 217 Å². The van der Waals surface area contributed by atoms with Gasteiger partial charge in [-0.15, -0.1) is 5.16 Å². The van der Waals surface area contributed by atoms with Crippen molar-refractivity contribution in [3.05, 3.63) is 59.7 Å². The van der Waals surface area contributed by atoms with Gasteiger partial charge in [0.2, 0.25) is 5.91 Å². The maximum Gasteiger partial charge on any atom is 0.223 e. The minimum atomic E-state index is 0.0278. The average molecular weight is 503 g/mol. The highest BCUT2D eigenvalue weighted by atomic mass is 16.5.